The largest absolute Gasteiger partial charge is 0.480 e. The Hall–Kier alpha value is -4.23. The van der Waals surface area contributed by atoms with Gasteiger partial charge in [0.25, 0.3) is 0 Å². The highest BCUT2D eigenvalue weighted by atomic mass is 16.4. The number of imide groups is 1. The van der Waals surface area contributed by atoms with E-state index in [4.69, 9.17) is 4.42 Å². The number of carboxylic acid groups (broad SMARTS) is 1. The Morgan fingerprint density at radius 3 is 2.39 bits per heavy atom. The van der Waals surface area contributed by atoms with Gasteiger partial charge in [-0.25, -0.2) is 4.90 Å². The number of hydrogen-bond donors (Lipinski definition) is 2. The van der Waals surface area contributed by atoms with Crippen LogP contribution in [0.25, 0.3) is 11.0 Å². The van der Waals surface area contributed by atoms with Gasteiger partial charge in [-0.15, -0.1) is 0 Å². The number of carbonyl (C=O) groups is 3. The zero-order valence-electron chi connectivity index (χ0n) is 19.5. The molecule has 7 heteroatoms. The molecule has 0 bridgehead atoms. The third kappa shape index (κ3) is 3.20. The van der Waals surface area contributed by atoms with Crippen molar-refractivity contribution in [3.05, 3.63) is 102 Å². The van der Waals surface area contributed by atoms with Crippen LogP contribution in [-0.4, -0.2) is 28.4 Å². The van der Waals surface area contributed by atoms with Crippen LogP contribution in [0.4, 0.5) is 5.69 Å². The van der Waals surface area contributed by atoms with Crippen LogP contribution in [0.5, 0.6) is 0 Å². The highest BCUT2D eigenvalue weighted by Gasteiger charge is 2.69. The lowest BCUT2D eigenvalue weighted by molar-refractivity contribution is -0.148. The zero-order chi connectivity index (χ0) is 25.0. The molecule has 36 heavy (non-hydrogen) atoms. The van der Waals surface area contributed by atoms with E-state index in [1.165, 1.54) is 4.90 Å². The van der Waals surface area contributed by atoms with E-state index in [-0.39, 0.29) is 6.42 Å². The minimum atomic E-state index is -1.69. The van der Waals surface area contributed by atoms with Gasteiger partial charge in [0, 0.05) is 11.8 Å². The average Bonchev–Trinajstić information content (AvgIpc) is 3.53. The molecule has 2 amide bonds. The molecule has 3 aromatic carbocycles. The first-order chi connectivity index (χ1) is 17.4. The van der Waals surface area contributed by atoms with Crippen molar-refractivity contribution in [3.8, 4) is 0 Å². The number of anilines is 1. The van der Waals surface area contributed by atoms with Gasteiger partial charge in [-0.1, -0.05) is 66.7 Å². The first-order valence-corrected chi connectivity index (χ1v) is 11.9. The van der Waals surface area contributed by atoms with Crippen LogP contribution in [0.15, 0.2) is 89.3 Å². The SMILES string of the molecule is Cc1ccccc1N1C(=O)C2C(c3cc4ccccc4o3)NC(Cc3ccccc3)(C(=O)O)C2C1=O. The molecule has 2 N–H and O–H groups in total. The number of benzene rings is 3. The van der Waals surface area contributed by atoms with Gasteiger partial charge in [0.1, 0.15) is 16.9 Å². The summed E-state index contributed by atoms with van der Waals surface area (Å²) < 4.78 is 6.09. The molecule has 4 aromatic rings. The predicted octanol–water partition coefficient (Wildman–Crippen LogP) is 4.26. The Bertz CT molecular complexity index is 1480. The van der Waals surface area contributed by atoms with Crippen molar-refractivity contribution in [2.75, 3.05) is 4.90 Å². The van der Waals surface area contributed by atoms with E-state index in [1.807, 2.05) is 79.7 Å². The number of hydrogen-bond acceptors (Lipinski definition) is 5. The van der Waals surface area contributed by atoms with E-state index >= 15 is 0 Å². The zero-order valence-corrected chi connectivity index (χ0v) is 19.5. The lowest BCUT2D eigenvalue weighted by atomic mass is 9.76. The van der Waals surface area contributed by atoms with Crippen molar-refractivity contribution < 1.29 is 23.9 Å². The maximum atomic E-state index is 14.0. The quantitative estimate of drug-likeness (QED) is 0.414. The minimum absolute atomic E-state index is 0.0434. The van der Waals surface area contributed by atoms with Crippen molar-refractivity contribution in [1.29, 1.82) is 0 Å². The van der Waals surface area contributed by atoms with Crippen LogP contribution >= 0.6 is 0 Å². The molecule has 0 aliphatic carbocycles. The number of nitrogens with one attached hydrogen (secondary N) is 1. The number of furan rings is 1. The van der Waals surface area contributed by atoms with Crippen LogP contribution in [0.3, 0.4) is 0 Å². The monoisotopic (exact) mass is 480 g/mol. The standard InChI is InChI=1S/C29H24N2O5/c1-17-9-5-7-13-20(17)31-26(32)23-24(27(31)33)29(28(34)35,16-18-10-3-2-4-11-18)30-25(23)22-15-19-12-6-8-14-21(19)36-22/h2-15,23-25,30H,16H2,1H3,(H,34,35). The second kappa shape index (κ2) is 8.17. The van der Waals surface area contributed by atoms with Gasteiger partial charge in [0.2, 0.25) is 11.8 Å². The molecule has 2 saturated heterocycles. The highest BCUT2D eigenvalue weighted by Crippen LogP contribution is 2.51. The normalized spacial score (nSPS) is 25.5. The molecule has 0 radical (unpaired) electrons. The maximum Gasteiger partial charge on any atom is 0.325 e. The summed E-state index contributed by atoms with van der Waals surface area (Å²) in [5, 5.41) is 14.7. The summed E-state index contributed by atoms with van der Waals surface area (Å²) in [5.41, 5.74) is 0.931. The molecule has 4 atom stereocenters. The molecule has 1 aromatic heterocycles. The fraction of sp³-hybridized carbons (Fsp3) is 0.207. The molecule has 2 aliphatic rings. The Balaban J connectivity index is 1.53. The van der Waals surface area contributed by atoms with Crippen molar-refractivity contribution >= 4 is 34.4 Å². The van der Waals surface area contributed by atoms with E-state index in [2.05, 4.69) is 5.32 Å². The molecule has 2 fully saturated rings. The average molecular weight is 481 g/mol. The topological polar surface area (TPSA) is 99.8 Å². The third-order valence-electron chi connectivity index (χ3n) is 7.47. The number of carboxylic acids is 1. The van der Waals surface area contributed by atoms with E-state index in [1.54, 1.807) is 12.1 Å². The number of nitrogens with zero attached hydrogens (tertiary/aromatic N) is 1. The molecule has 180 valence electrons. The van der Waals surface area contributed by atoms with Gasteiger partial charge in [-0.05, 0) is 36.2 Å². The Labute approximate surface area is 207 Å². The molecule has 4 unspecified atom stereocenters. The Morgan fingerprint density at radius 1 is 0.972 bits per heavy atom. The summed E-state index contributed by atoms with van der Waals surface area (Å²) in [7, 11) is 0. The molecular weight excluding hydrogens is 456 g/mol. The second-order valence-electron chi connectivity index (χ2n) is 9.55. The van der Waals surface area contributed by atoms with Gasteiger partial charge < -0.3 is 9.52 Å². The van der Waals surface area contributed by atoms with E-state index in [0.29, 0.717) is 17.0 Å². The molecule has 7 nitrogen and oxygen atoms in total. The van der Waals surface area contributed by atoms with Crippen LogP contribution in [0.2, 0.25) is 0 Å². The van der Waals surface area contributed by atoms with Crippen LogP contribution in [0.1, 0.15) is 22.9 Å². The molecule has 2 aliphatic heterocycles. The minimum Gasteiger partial charge on any atom is -0.480 e. The fourth-order valence-corrected chi connectivity index (χ4v) is 5.81. The van der Waals surface area contributed by atoms with Gasteiger partial charge in [0.15, 0.2) is 0 Å². The molecule has 0 saturated carbocycles. The smallest absolute Gasteiger partial charge is 0.325 e. The summed E-state index contributed by atoms with van der Waals surface area (Å²) in [6, 6.07) is 24.8. The van der Waals surface area contributed by atoms with E-state index in [0.717, 1.165) is 16.5 Å². The predicted molar refractivity (Wildman–Crippen MR) is 133 cm³/mol. The highest BCUT2D eigenvalue weighted by molar-refractivity contribution is 6.24. The molecular formula is C29H24N2O5. The molecule has 6 rings (SSSR count). The summed E-state index contributed by atoms with van der Waals surface area (Å²) in [5.74, 6) is -3.71. The van der Waals surface area contributed by atoms with Gasteiger partial charge in [-0.2, -0.15) is 0 Å². The molecule has 3 heterocycles. The first-order valence-electron chi connectivity index (χ1n) is 11.9. The van der Waals surface area contributed by atoms with E-state index < -0.39 is 41.2 Å². The lowest BCUT2D eigenvalue weighted by Crippen LogP contribution is -2.57. The third-order valence-corrected chi connectivity index (χ3v) is 7.47. The van der Waals surface area contributed by atoms with Crippen molar-refractivity contribution in [1.82, 2.24) is 5.32 Å². The fourth-order valence-electron chi connectivity index (χ4n) is 5.81. The number of para-hydroxylation sites is 2. The van der Waals surface area contributed by atoms with Gasteiger partial charge in [-0.3, -0.25) is 19.7 Å². The Morgan fingerprint density at radius 2 is 1.67 bits per heavy atom. The van der Waals surface area contributed by atoms with Crippen LogP contribution in [-0.2, 0) is 20.8 Å². The second-order valence-corrected chi connectivity index (χ2v) is 9.55. The number of carbonyl (C=O) groups excluding carboxylic acids is 2. The van der Waals surface area contributed by atoms with Crippen molar-refractivity contribution in [2.24, 2.45) is 11.8 Å². The number of aryl methyl sites for hydroxylation is 1. The molecule has 0 spiro atoms. The summed E-state index contributed by atoms with van der Waals surface area (Å²) in [6.45, 7) is 1.83. The van der Waals surface area contributed by atoms with Crippen molar-refractivity contribution in [3.63, 3.8) is 0 Å². The number of rotatable bonds is 5. The number of fused-ring (bicyclic) bond motifs is 2. The number of amides is 2. The van der Waals surface area contributed by atoms with Crippen molar-refractivity contribution in [2.45, 2.75) is 24.9 Å². The van der Waals surface area contributed by atoms with E-state index in [9.17, 15) is 19.5 Å². The summed E-state index contributed by atoms with van der Waals surface area (Å²) in [4.78, 5) is 42.1. The van der Waals surface area contributed by atoms with Gasteiger partial charge >= 0.3 is 5.97 Å². The van der Waals surface area contributed by atoms with Gasteiger partial charge in [0.05, 0.1) is 23.6 Å². The number of aliphatic carboxylic acids is 1. The summed E-state index contributed by atoms with van der Waals surface area (Å²) >= 11 is 0. The first kappa shape index (κ1) is 22.2. The van der Waals surface area contributed by atoms with Crippen LogP contribution < -0.4 is 10.2 Å². The maximum absolute atomic E-state index is 14.0. The van der Waals surface area contributed by atoms with Crippen LogP contribution in [0, 0.1) is 18.8 Å². The Kier molecular flexibility index (Phi) is 5.05. The summed E-state index contributed by atoms with van der Waals surface area (Å²) in [6.07, 6.45) is 0.0434. The lowest BCUT2D eigenvalue weighted by Gasteiger charge is -2.31.